The van der Waals surface area contributed by atoms with E-state index in [4.69, 9.17) is 5.53 Å². The largest absolute Gasteiger partial charge is 0.369 e. The van der Waals surface area contributed by atoms with Crippen LogP contribution in [0.5, 0.6) is 0 Å². The van der Waals surface area contributed by atoms with E-state index in [1.165, 1.54) is 30.4 Å². The zero-order valence-corrected chi connectivity index (χ0v) is 7.07. The molecule has 2 rings (SSSR count). The molecular formula is C10H5FN2O. The average molecular weight is 188 g/mol. The fraction of sp³-hybridized carbons (Fsp3) is 0. The van der Waals surface area contributed by atoms with Crippen LogP contribution in [0.2, 0.25) is 0 Å². The van der Waals surface area contributed by atoms with E-state index in [0.717, 1.165) is 0 Å². The van der Waals surface area contributed by atoms with Crippen molar-refractivity contribution in [3.05, 3.63) is 46.8 Å². The van der Waals surface area contributed by atoms with Crippen LogP contribution in [0.1, 0.15) is 11.1 Å². The summed E-state index contributed by atoms with van der Waals surface area (Å²) in [5, 5.41) is 0. The summed E-state index contributed by atoms with van der Waals surface area (Å²) < 4.78 is 12.8. The Labute approximate surface area is 79.1 Å². The van der Waals surface area contributed by atoms with Crippen LogP contribution in [0.3, 0.4) is 0 Å². The highest BCUT2D eigenvalue weighted by molar-refractivity contribution is 6.50. The molecule has 0 radical (unpaired) electrons. The van der Waals surface area contributed by atoms with Crippen LogP contribution in [-0.4, -0.2) is 16.3 Å². The molecule has 0 saturated heterocycles. The van der Waals surface area contributed by atoms with Gasteiger partial charge in [0.25, 0.3) is 5.78 Å². The summed E-state index contributed by atoms with van der Waals surface area (Å²) in [5.74, 6) is -0.772. The molecular weight excluding hydrogens is 183 g/mol. The highest BCUT2D eigenvalue weighted by atomic mass is 19.1. The van der Waals surface area contributed by atoms with Gasteiger partial charge in [0.1, 0.15) is 5.82 Å². The molecule has 14 heavy (non-hydrogen) atoms. The van der Waals surface area contributed by atoms with Crippen LogP contribution in [-0.2, 0) is 4.79 Å². The Morgan fingerprint density at radius 1 is 1.29 bits per heavy atom. The summed E-state index contributed by atoms with van der Waals surface area (Å²) in [4.78, 5) is 14.1. The first-order valence-electron chi connectivity index (χ1n) is 3.97. The second kappa shape index (κ2) is 3.01. The summed E-state index contributed by atoms with van der Waals surface area (Å²) in [6, 6.07) is 3.92. The maximum atomic E-state index is 12.8. The molecule has 0 aliphatic heterocycles. The molecule has 0 unspecified atom stereocenters. The molecule has 0 fully saturated rings. The molecule has 0 amide bonds. The summed E-state index contributed by atoms with van der Waals surface area (Å²) in [6.07, 6.45) is 2.74. The molecule has 0 saturated carbocycles. The van der Waals surface area contributed by atoms with Crippen molar-refractivity contribution in [3.8, 4) is 0 Å². The Bertz CT molecular complexity index is 499. The zero-order valence-electron chi connectivity index (χ0n) is 7.07. The molecule has 0 atom stereocenters. The molecule has 0 spiro atoms. The van der Waals surface area contributed by atoms with Gasteiger partial charge in [-0.1, -0.05) is 0 Å². The number of allylic oxidation sites excluding steroid dienone is 1. The Hall–Kier alpha value is -2.06. The second-order valence-electron chi connectivity index (χ2n) is 2.88. The van der Waals surface area contributed by atoms with Gasteiger partial charge in [-0.2, -0.15) is 4.79 Å². The molecule has 1 aromatic carbocycles. The third kappa shape index (κ3) is 1.18. The SMILES string of the molecule is [N-]=[N+]=C1C(=O)C=Cc2cc(F)ccc21. The van der Waals surface area contributed by atoms with E-state index in [0.29, 0.717) is 11.1 Å². The van der Waals surface area contributed by atoms with Crippen molar-refractivity contribution in [1.82, 2.24) is 0 Å². The van der Waals surface area contributed by atoms with Gasteiger partial charge in [0.15, 0.2) is 0 Å². The highest BCUT2D eigenvalue weighted by Gasteiger charge is 2.26. The molecule has 0 N–H and O–H groups in total. The van der Waals surface area contributed by atoms with Crippen LogP contribution < -0.4 is 0 Å². The first-order valence-corrected chi connectivity index (χ1v) is 3.97. The Balaban J connectivity index is 2.73. The standard InChI is InChI=1S/C10H5FN2O/c11-7-2-3-8-6(5-7)1-4-9(14)10(8)13-12/h1-5H. The molecule has 4 heteroatoms. The minimum Gasteiger partial charge on any atom is -0.361 e. The van der Waals surface area contributed by atoms with Crippen LogP contribution in [0.15, 0.2) is 24.3 Å². The van der Waals surface area contributed by atoms with Crippen molar-refractivity contribution in [2.75, 3.05) is 0 Å². The molecule has 0 aromatic heterocycles. The van der Waals surface area contributed by atoms with E-state index < -0.39 is 0 Å². The van der Waals surface area contributed by atoms with Crippen LogP contribution in [0.4, 0.5) is 4.39 Å². The number of fused-ring (bicyclic) bond motifs is 1. The predicted molar refractivity (Wildman–Crippen MR) is 48.2 cm³/mol. The van der Waals surface area contributed by atoms with Gasteiger partial charge < -0.3 is 5.53 Å². The zero-order chi connectivity index (χ0) is 10.1. The maximum absolute atomic E-state index is 12.8. The summed E-state index contributed by atoms with van der Waals surface area (Å²) in [7, 11) is 0. The lowest BCUT2D eigenvalue weighted by molar-refractivity contribution is -0.112. The van der Waals surface area contributed by atoms with Crippen LogP contribution >= 0.6 is 0 Å². The van der Waals surface area contributed by atoms with Crippen molar-refractivity contribution in [1.29, 1.82) is 0 Å². The third-order valence-corrected chi connectivity index (χ3v) is 2.02. The van der Waals surface area contributed by atoms with E-state index in [-0.39, 0.29) is 17.3 Å². The topological polar surface area (TPSA) is 53.5 Å². The fourth-order valence-corrected chi connectivity index (χ4v) is 1.37. The molecule has 68 valence electrons. The minimum absolute atomic E-state index is 0.0532. The molecule has 1 aliphatic carbocycles. The van der Waals surface area contributed by atoms with Gasteiger partial charge in [-0.3, -0.25) is 4.79 Å². The fourth-order valence-electron chi connectivity index (χ4n) is 1.37. The Morgan fingerprint density at radius 2 is 2.07 bits per heavy atom. The molecule has 1 aromatic rings. The van der Waals surface area contributed by atoms with Crippen molar-refractivity contribution in [3.63, 3.8) is 0 Å². The lowest BCUT2D eigenvalue weighted by atomic mass is 9.95. The first-order chi connectivity index (χ1) is 6.72. The van der Waals surface area contributed by atoms with Gasteiger partial charge in [-0.15, -0.1) is 0 Å². The number of hydrogen-bond acceptors (Lipinski definition) is 1. The molecule has 0 heterocycles. The quantitative estimate of drug-likeness (QED) is 0.449. The number of nitrogens with zero attached hydrogens (tertiary/aromatic N) is 2. The predicted octanol–water partition coefficient (Wildman–Crippen LogP) is 1.44. The number of halogens is 1. The number of carbonyl (C=O) groups excluding carboxylic acids is 1. The van der Waals surface area contributed by atoms with Gasteiger partial charge in [0.2, 0.25) is 0 Å². The molecule has 1 aliphatic rings. The summed E-state index contributed by atoms with van der Waals surface area (Å²) >= 11 is 0. The molecule has 3 nitrogen and oxygen atoms in total. The Morgan fingerprint density at radius 3 is 2.79 bits per heavy atom. The van der Waals surface area contributed by atoms with Gasteiger partial charge >= 0.3 is 5.71 Å². The van der Waals surface area contributed by atoms with Crippen molar-refractivity contribution >= 4 is 17.6 Å². The third-order valence-electron chi connectivity index (χ3n) is 2.02. The first kappa shape index (κ1) is 8.53. The lowest BCUT2D eigenvalue weighted by Gasteiger charge is -2.04. The number of ketones is 1. The van der Waals surface area contributed by atoms with Crippen molar-refractivity contribution < 1.29 is 14.0 Å². The second-order valence-corrected chi connectivity index (χ2v) is 2.88. The average Bonchev–Trinajstić information content (AvgIpc) is 2.18. The van der Waals surface area contributed by atoms with Gasteiger partial charge in [0, 0.05) is 0 Å². The number of benzene rings is 1. The number of carbonyl (C=O) groups is 1. The summed E-state index contributed by atoms with van der Waals surface area (Å²) in [5.41, 5.74) is 9.55. The van der Waals surface area contributed by atoms with Crippen molar-refractivity contribution in [2.24, 2.45) is 0 Å². The van der Waals surface area contributed by atoms with Gasteiger partial charge in [-0.25, -0.2) is 4.39 Å². The number of hydrogen-bond donors (Lipinski definition) is 0. The Kier molecular flexibility index (Phi) is 1.84. The normalized spacial score (nSPS) is 13.8. The van der Waals surface area contributed by atoms with Crippen LogP contribution in [0.25, 0.3) is 11.6 Å². The maximum Gasteiger partial charge on any atom is 0.369 e. The monoisotopic (exact) mass is 188 g/mol. The van der Waals surface area contributed by atoms with Gasteiger partial charge in [-0.05, 0) is 35.9 Å². The lowest BCUT2D eigenvalue weighted by Crippen LogP contribution is -2.18. The molecule has 0 bridgehead atoms. The summed E-state index contributed by atoms with van der Waals surface area (Å²) in [6.45, 7) is 0. The van der Waals surface area contributed by atoms with E-state index in [9.17, 15) is 9.18 Å². The number of rotatable bonds is 0. The minimum atomic E-state index is -0.389. The van der Waals surface area contributed by atoms with E-state index >= 15 is 0 Å². The van der Waals surface area contributed by atoms with Gasteiger partial charge in [0.05, 0.1) is 5.56 Å². The van der Waals surface area contributed by atoms with Crippen LogP contribution in [0, 0.1) is 5.82 Å². The van der Waals surface area contributed by atoms with E-state index in [1.807, 2.05) is 0 Å². The van der Waals surface area contributed by atoms with E-state index in [2.05, 4.69) is 4.79 Å². The highest BCUT2D eigenvalue weighted by Crippen LogP contribution is 2.17. The smallest absolute Gasteiger partial charge is 0.361 e. The van der Waals surface area contributed by atoms with Crippen molar-refractivity contribution in [2.45, 2.75) is 0 Å². The van der Waals surface area contributed by atoms with E-state index in [1.54, 1.807) is 0 Å².